The van der Waals surface area contributed by atoms with Gasteiger partial charge < -0.3 is 15.7 Å². The Kier molecular flexibility index (Phi) is 5.24. The van der Waals surface area contributed by atoms with Crippen molar-refractivity contribution in [2.75, 3.05) is 6.54 Å². The van der Waals surface area contributed by atoms with Crippen LogP contribution in [-0.4, -0.2) is 23.6 Å². The fourth-order valence-corrected chi connectivity index (χ4v) is 2.96. The van der Waals surface area contributed by atoms with Crippen molar-refractivity contribution in [3.05, 3.63) is 26.6 Å². The largest absolute Gasteiger partial charge is 0.506 e. The molecule has 2 rings (SSSR count). The van der Waals surface area contributed by atoms with E-state index in [0.717, 1.165) is 18.4 Å². The lowest BCUT2D eigenvalue weighted by molar-refractivity contribution is -0.121. The SMILES string of the molecule is O=C(CCNCc1cc(Br)c(O)c(Br)c1)NC1CC1. The van der Waals surface area contributed by atoms with Gasteiger partial charge in [-0.05, 0) is 62.4 Å². The maximum atomic E-state index is 11.5. The molecular weight excluding hydrogens is 376 g/mol. The van der Waals surface area contributed by atoms with E-state index in [-0.39, 0.29) is 11.7 Å². The molecular formula is C13H16Br2N2O2. The molecule has 0 atom stereocenters. The van der Waals surface area contributed by atoms with E-state index >= 15 is 0 Å². The summed E-state index contributed by atoms with van der Waals surface area (Å²) >= 11 is 6.58. The van der Waals surface area contributed by atoms with E-state index in [1.807, 2.05) is 12.1 Å². The molecule has 0 spiro atoms. The minimum Gasteiger partial charge on any atom is -0.506 e. The van der Waals surface area contributed by atoms with Gasteiger partial charge in [-0.1, -0.05) is 0 Å². The van der Waals surface area contributed by atoms with Crippen molar-refractivity contribution < 1.29 is 9.90 Å². The molecule has 0 aliphatic heterocycles. The Balaban J connectivity index is 1.71. The number of rotatable bonds is 6. The van der Waals surface area contributed by atoms with E-state index < -0.39 is 0 Å². The summed E-state index contributed by atoms with van der Waals surface area (Å²) in [5, 5.41) is 15.8. The van der Waals surface area contributed by atoms with Gasteiger partial charge in [-0.15, -0.1) is 0 Å². The van der Waals surface area contributed by atoms with Crippen molar-refractivity contribution in [2.24, 2.45) is 0 Å². The summed E-state index contributed by atoms with van der Waals surface area (Å²) in [6, 6.07) is 4.14. The fraction of sp³-hybridized carbons (Fsp3) is 0.462. The summed E-state index contributed by atoms with van der Waals surface area (Å²) in [6.45, 7) is 1.31. The van der Waals surface area contributed by atoms with Gasteiger partial charge in [0.1, 0.15) is 5.75 Å². The average molecular weight is 392 g/mol. The number of benzene rings is 1. The molecule has 19 heavy (non-hydrogen) atoms. The highest BCUT2D eigenvalue weighted by Gasteiger charge is 2.22. The number of aromatic hydroxyl groups is 1. The molecule has 1 aliphatic rings. The molecule has 0 saturated heterocycles. The number of hydrogen-bond acceptors (Lipinski definition) is 3. The summed E-state index contributed by atoms with van der Waals surface area (Å²) in [4.78, 5) is 11.5. The number of nitrogens with one attached hydrogen (secondary N) is 2. The number of carbonyl (C=O) groups excluding carboxylic acids is 1. The van der Waals surface area contributed by atoms with Crippen molar-refractivity contribution in [1.82, 2.24) is 10.6 Å². The predicted octanol–water partition coefficient (Wildman–Crippen LogP) is 2.68. The normalized spacial score (nSPS) is 14.4. The predicted molar refractivity (Wildman–Crippen MR) is 81.0 cm³/mol. The zero-order valence-corrected chi connectivity index (χ0v) is 13.6. The second-order valence-electron chi connectivity index (χ2n) is 4.68. The first-order chi connectivity index (χ1) is 9.06. The van der Waals surface area contributed by atoms with Crippen molar-refractivity contribution in [3.63, 3.8) is 0 Å². The van der Waals surface area contributed by atoms with E-state index in [9.17, 15) is 9.90 Å². The van der Waals surface area contributed by atoms with E-state index in [2.05, 4.69) is 42.5 Å². The quantitative estimate of drug-likeness (QED) is 0.653. The molecule has 1 aromatic rings. The fourth-order valence-electron chi connectivity index (χ4n) is 1.68. The molecule has 6 heteroatoms. The number of phenolic OH excluding ortho intramolecular Hbond substituents is 1. The van der Waals surface area contributed by atoms with Gasteiger partial charge in [-0.2, -0.15) is 0 Å². The van der Waals surface area contributed by atoms with Crippen LogP contribution < -0.4 is 10.6 Å². The van der Waals surface area contributed by atoms with Crippen LogP contribution in [0.1, 0.15) is 24.8 Å². The third kappa shape index (κ3) is 4.78. The van der Waals surface area contributed by atoms with Gasteiger partial charge in [0.05, 0.1) is 8.95 Å². The summed E-state index contributed by atoms with van der Waals surface area (Å²) in [6.07, 6.45) is 2.74. The number of amides is 1. The Morgan fingerprint density at radius 2 is 1.95 bits per heavy atom. The molecule has 0 unspecified atom stereocenters. The van der Waals surface area contributed by atoms with Crippen molar-refractivity contribution in [2.45, 2.75) is 31.8 Å². The molecule has 0 heterocycles. The van der Waals surface area contributed by atoms with E-state index in [0.29, 0.717) is 34.5 Å². The highest BCUT2D eigenvalue weighted by molar-refractivity contribution is 9.11. The first-order valence-electron chi connectivity index (χ1n) is 6.23. The highest BCUT2D eigenvalue weighted by atomic mass is 79.9. The molecule has 1 aliphatic carbocycles. The molecule has 4 nitrogen and oxygen atoms in total. The third-order valence-electron chi connectivity index (χ3n) is 2.88. The van der Waals surface area contributed by atoms with Gasteiger partial charge in [-0.3, -0.25) is 4.79 Å². The van der Waals surface area contributed by atoms with Crippen LogP contribution in [0.25, 0.3) is 0 Å². The molecule has 1 fully saturated rings. The lowest BCUT2D eigenvalue weighted by atomic mass is 10.2. The maximum absolute atomic E-state index is 11.5. The van der Waals surface area contributed by atoms with Crippen LogP contribution in [0.3, 0.4) is 0 Å². The summed E-state index contributed by atoms with van der Waals surface area (Å²) in [7, 11) is 0. The first-order valence-corrected chi connectivity index (χ1v) is 7.82. The number of hydrogen-bond donors (Lipinski definition) is 3. The maximum Gasteiger partial charge on any atom is 0.221 e. The second kappa shape index (κ2) is 6.72. The van der Waals surface area contributed by atoms with Gasteiger partial charge in [-0.25, -0.2) is 0 Å². The minimum atomic E-state index is 0.114. The molecule has 0 aromatic heterocycles. The molecule has 0 radical (unpaired) electrons. The van der Waals surface area contributed by atoms with Gasteiger partial charge in [0, 0.05) is 25.6 Å². The molecule has 0 bridgehead atoms. The molecule has 1 amide bonds. The zero-order valence-electron chi connectivity index (χ0n) is 10.4. The lowest BCUT2D eigenvalue weighted by Gasteiger charge is -2.08. The Morgan fingerprint density at radius 1 is 1.32 bits per heavy atom. The Labute approximate surface area is 129 Å². The summed E-state index contributed by atoms with van der Waals surface area (Å²) < 4.78 is 1.32. The van der Waals surface area contributed by atoms with Crippen LogP contribution >= 0.6 is 31.9 Å². The van der Waals surface area contributed by atoms with Gasteiger partial charge in [0.25, 0.3) is 0 Å². The topological polar surface area (TPSA) is 61.4 Å². The Hall–Kier alpha value is -0.590. The number of halogens is 2. The van der Waals surface area contributed by atoms with E-state index in [1.165, 1.54) is 0 Å². The van der Waals surface area contributed by atoms with Crippen LogP contribution in [-0.2, 0) is 11.3 Å². The molecule has 104 valence electrons. The number of phenols is 1. The van der Waals surface area contributed by atoms with Crippen molar-refractivity contribution in [1.29, 1.82) is 0 Å². The second-order valence-corrected chi connectivity index (χ2v) is 6.39. The summed E-state index contributed by atoms with van der Waals surface area (Å²) in [5.74, 6) is 0.315. The van der Waals surface area contributed by atoms with Gasteiger partial charge >= 0.3 is 0 Å². The van der Waals surface area contributed by atoms with E-state index in [4.69, 9.17) is 0 Å². The van der Waals surface area contributed by atoms with Gasteiger partial charge in [0.2, 0.25) is 5.91 Å². The van der Waals surface area contributed by atoms with Crippen LogP contribution in [0.4, 0.5) is 0 Å². The van der Waals surface area contributed by atoms with Crippen LogP contribution in [0, 0.1) is 0 Å². The van der Waals surface area contributed by atoms with Crippen LogP contribution in [0.2, 0.25) is 0 Å². The third-order valence-corrected chi connectivity index (χ3v) is 4.09. The van der Waals surface area contributed by atoms with Crippen molar-refractivity contribution in [3.8, 4) is 5.75 Å². The Bertz CT molecular complexity index is 453. The minimum absolute atomic E-state index is 0.114. The van der Waals surface area contributed by atoms with E-state index in [1.54, 1.807) is 0 Å². The van der Waals surface area contributed by atoms with Crippen LogP contribution in [0.5, 0.6) is 5.75 Å². The van der Waals surface area contributed by atoms with Crippen LogP contribution in [0.15, 0.2) is 21.1 Å². The zero-order chi connectivity index (χ0) is 13.8. The Morgan fingerprint density at radius 3 is 2.53 bits per heavy atom. The molecule has 1 saturated carbocycles. The average Bonchev–Trinajstić information content (AvgIpc) is 3.15. The molecule has 3 N–H and O–H groups in total. The monoisotopic (exact) mass is 390 g/mol. The molecule has 1 aromatic carbocycles. The lowest BCUT2D eigenvalue weighted by Crippen LogP contribution is -2.29. The highest BCUT2D eigenvalue weighted by Crippen LogP contribution is 2.33. The van der Waals surface area contributed by atoms with Crippen molar-refractivity contribution >= 4 is 37.8 Å². The number of carbonyl (C=O) groups is 1. The smallest absolute Gasteiger partial charge is 0.221 e. The van der Waals surface area contributed by atoms with Gasteiger partial charge in [0.15, 0.2) is 0 Å². The first kappa shape index (κ1) is 14.8. The standard InChI is InChI=1S/C13H16Br2N2O2/c14-10-5-8(6-11(15)13(10)19)7-16-4-3-12(18)17-9-1-2-9/h5-6,9,16,19H,1-4,7H2,(H,17,18). The summed E-state index contributed by atoms with van der Waals surface area (Å²) in [5.41, 5.74) is 1.04.